The lowest BCUT2D eigenvalue weighted by Gasteiger charge is -2.07. The first-order chi connectivity index (χ1) is 9.43. The summed E-state index contributed by atoms with van der Waals surface area (Å²) in [5, 5.41) is 8.18. The van der Waals surface area contributed by atoms with Gasteiger partial charge in [-0.1, -0.05) is 35.9 Å². The van der Waals surface area contributed by atoms with Crippen molar-refractivity contribution in [2.75, 3.05) is 0 Å². The van der Waals surface area contributed by atoms with Crippen LogP contribution in [0.25, 0.3) is 0 Å². The number of benzene rings is 2. The second-order valence-electron chi connectivity index (χ2n) is 3.90. The lowest BCUT2D eigenvalue weighted by molar-refractivity contribution is -0.137. The fraction of sp³-hybridized carbons (Fsp3) is 0.143. The van der Waals surface area contributed by atoms with Gasteiger partial charge in [0.2, 0.25) is 0 Å². The fourth-order valence-electron chi connectivity index (χ4n) is 1.32. The van der Waals surface area contributed by atoms with Crippen molar-refractivity contribution in [3.8, 4) is 5.75 Å². The molecule has 0 aromatic heterocycles. The Balaban J connectivity index is 0.000000240. The van der Waals surface area contributed by atoms with Crippen molar-refractivity contribution in [1.82, 2.24) is 0 Å². The molecule has 0 fully saturated rings. The predicted molar refractivity (Wildman–Crippen MR) is 71.2 cm³/mol. The number of rotatable bonds is 2. The van der Waals surface area contributed by atoms with Crippen LogP contribution in [0.3, 0.4) is 0 Å². The summed E-state index contributed by atoms with van der Waals surface area (Å²) in [7, 11) is 0.405. The third-order valence-corrected chi connectivity index (χ3v) is 2.31. The van der Waals surface area contributed by atoms with Crippen LogP contribution < -0.4 is 4.65 Å². The molecule has 0 aliphatic carbocycles. The molecule has 20 heavy (non-hydrogen) atoms. The number of halogens is 3. The average molecular weight is 281 g/mol. The molecule has 0 heterocycles. The molecule has 105 valence electrons. The first kappa shape index (κ1) is 16.1. The summed E-state index contributed by atoms with van der Waals surface area (Å²) in [5.41, 5.74) is 0.570. The van der Waals surface area contributed by atoms with Gasteiger partial charge in [0, 0.05) is 0 Å². The van der Waals surface area contributed by atoms with Crippen LogP contribution in [0, 0.1) is 6.92 Å². The Morgan fingerprint density at radius 1 is 0.950 bits per heavy atom. The highest BCUT2D eigenvalue weighted by Gasteiger charge is 2.29. The van der Waals surface area contributed by atoms with Crippen molar-refractivity contribution in [2.45, 2.75) is 13.1 Å². The summed E-state index contributed by atoms with van der Waals surface area (Å²) in [5.74, 6) is 0.149. The van der Waals surface area contributed by atoms with Crippen LogP contribution in [-0.2, 0) is 6.18 Å². The quantitative estimate of drug-likeness (QED) is 0.852. The molecule has 0 amide bonds. The number of aryl methyl sites for hydroxylation is 1. The van der Waals surface area contributed by atoms with Crippen molar-refractivity contribution < 1.29 is 22.8 Å². The van der Waals surface area contributed by atoms with Gasteiger partial charge < -0.3 is 9.68 Å². The normalized spacial score (nSPS) is 10.2. The zero-order valence-electron chi connectivity index (χ0n) is 10.8. The van der Waals surface area contributed by atoms with Gasteiger partial charge in [0.1, 0.15) is 5.75 Å². The minimum Gasteiger partial charge on any atom is -0.537 e. The predicted octanol–water partition coefficient (Wildman–Crippen LogP) is 3.61. The van der Waals surface area contributed by atoms with E-state index in [2.05, 4.69) is 23.7 Å². The molecule has 2 rings (SSSR count). The van der Waals surface area contributed by atoms with E-state index in [0.29, 0.717) is 7.69 Å². The van der Waals surface area contributed by atoms with Crippen LogP contribution >= 0.6 is 0 Å². The number of hydrogen-bond donors (Lipinski definition) is 1. The van der Waals surface area contributed by atoms with Crippen molar-refractivity contribution in [3.63, 3.8) is 0 Å². The SMILES string of the molecule is Cc1ccccc1.O[B]Oc1ccc(C(F)(F)F)cc1. The van der Waals surface area contributed by atoms with E-state index in [4.69, 9.17) is 5.02 Å². The first-order valence-electron chi connectivity index (χ1n) is 5.75. The second-order valence-corrected chi connectivity index (χ2v) is 3.90. The minimum atomic E-state index is -4.35. The molecule has 2 aromatic carbocycles. The molecule has 2 nitrogen and oxygen atoms in total. The van der Waals surface area contributed by atoms with Gasteiger partial charge in [0.05, 0.1) is 5.56 Å². The van der Waals surface area contributed by atoms with Gasteiger partial charge in [-0.3, -0.25) is 0 Å². The third-order valence-electron chi connectivity index (χ3n) is 2.31. The highest BCUT2D eigenvalue weighted by atomic mass is 19.4. The van der Waals surface area contributed by atoms with Crippen molar-refractivity contribution >= 4 is 7.69 Å². The maximum Gasteiger partial charge on any atom is 0.569 e. The summed E-state index contributed by atoms with van der Waals surface area (Å²) in [6.07, 6.45) is -4.35. The Hall–Kier alpha value is -1.95. The van der Waals surface area contributed by atoms with Crippen LogP contribution in [0.15, 0.2) is 54.6 Å². The Bertz CT molecular complexity index is 498. The van der Waals surface area contributed by atoms with E-state index in [1.807, 2.05) is 18.2 Å². The topological polar surface area (TPSA) is 29.5 Å². The van der Waals surface area contributed by atoms with Crippen molar-refractivity contribution in [3.05, 3.63) is 65.7 Å². The standard InChI is InChI=1S/C7H5BF3O2.C7H8/c9-7(10,11)5-1-3-6(4-2-5)13-8-12;1-7-5-3-2-4-6-7/h1-4,12H;2-6H,1H3. The molecule has 1 radical (unpaired) electrons. The molecule has 6 heteroatoms. The maximum absolute atomic E-state index is 12.0. The van der Waals surface area contributed by atoms with E-state index >= 15 is 0 Å². The monoisotopic (exact) mass is 281 g/mol. The second kappa shape index (κ2) is 7.60. The van der Waals surface area contributed by atoms with Gasteiger partial charge in [-0.25, -0.2) is 0 Å². The van der Waals surface area contributed by atoms with Crippen LogP contribution in [0.5, 0.6) is 5.75 Å². The molecule has 0 spiro atoms. The van der Waals surface area contributed by atoms with E-state index in [-0.39, 0.29) is 5.75 Å². The van der Waals surface area contributed by atoms with Gasteiger partial charge in [0.15, 0.2) is 0 Å². The summed E-state index contributed by atoms with van der Waals surface area (Å²) in [6.45, 7) is 2.08. The molecule has 0 atom stereocenters. The summed E-state index contributed by atoms with van der Waals surface area (Å²) in [6, 6.07) is 14.3. The third kappa shape index (κ3) is 5.80. The van der Waals surface area contributed by atoms with E-state index in [9.17, 15) is 13.2 Å². The lowest BCUT2D eigenvalue weighted by Crippen LogP contribution is -2.05. The van der Waals surface area contributed by atoms with E-state index in [1.165, 1.54) is 5.56 Å². The number of hydrogen-bond acceptors (Lipinski definition) is 2. The zero-order valence-corrected chi connectivity index (χ0v) is 10.8. The molecule has 0 aliphatic heterocycles. The maximum atomic E-state index is 12.0. The van der Waals surface area contributed by atoms with Crippen LogP contribution in [-0.4, -0.2) is 12.7 Å². The number of alkyl halides is 3. The van der Waals surface area contributed by atoms with Gasteiger partial charge >= 0.3 is 13.9 Å². The van der Waals surface area contributed by atoms with Crippen molar-refractivity contribution in [2.24, 2.45) is 0 Å². The smallest absolute Gasteiger partial charge is 0.537 e. The van der Waals surface area contributed by atoms with Gasteiger partial charge in [-0.05, 0) is 31.2 Å². The van der Waals surface area contributed by atoms with Gasteiger partial charge in [0.25, 0.3) is 0 Å². The molecule has 0 unspecified atom stereocenters. The Labute approximate surface area is 116 Å². The van der Waals surface area contributed by atoms with Crippen LogP contribution in [0.1, 0.15) is 11.1 Å². The van der Waals surface area contributed by atoms with Crippen LogP contribution in [0.2, 0.25) is 0 Å². The van der Waals surface area contributed by atoms with E-state index in [1.54, 1.807) is 0 Å². The van der Waals surface area contributed by atoms with Gasteiger partial charge in [-0.15, -0.1) is 0 Å². The Kier molecular flexibility index (Phi) is 6.12. The Morgan fingerprint density at radius 2 is 1.50 bits per heavy atom. The molecular weight excluding hydrogens is 268 g/mol. The van der Waals surface area contributed by atoms with Crippen LogP contribution in [0.4, 0.5) is 13.2 Å². The molecular formula is C14H13BF3O2. The highest BCUT2D eigenvalue weighted by molar-refractivity contribution is 6.17. The van der Waals surface area contributed by atoms with E-state index in [0.717, 1.165) is 24.3 Å². The zero-order chi connectivity index (χ0) is 15.0. The molecule has 0 saturated carbocycles. The Morgan fingerprint density at radius 3 is 1.85 bits per heavy atom. The summed E-state index contributed by atoms with van der Waals surface area (Å²) < 4.78 is 40.5. The molecule has 0 bridgehead atoms. The van der Waals surface area contributed by atoms with Gasteiger partial charge in [-0.2, -0.15) is 13.2 Å². The van der Waals surface area contributed by atoms with E-state index < -0.39 is 11.7 Å². The fourth-order valence-corrected chi connectivity index (χ4v) is 1.32. The lowest BCUT2D eigenvalue weighted by atomic mass is 10.2. The summed E-state index contributed by atoms with van der Waals surface area (Å²) >= 11 is 0. The highest BCUT2D eigenvalue weighted by Crippen LogP contribution is 2.30. The van der Waals surface area contributed by atoms with Crippen molar-refractivity contribution in [1.29, 1.82) is 0 Å². The average Bonchev–Trinajstić information content (AvgIpc) is 2.40. The molecule has 0 aliphatic rings. The molecule has 2 aromatic rings. The molecule has 0 saturated heterocycles. The largest absolute Gasteiger partial charge is 0.569 e. The summed E-state index contributed by atoms with van der Waals surface area (Å²) in [4.78, 5) is 0. The first-order valence-corrected chi connectivity index (χ1v) is 5.75. The minimum absolute atomic E-state index is 0.149. The molecule has 1 N–H and O–H groups in total.